The minimum atomic E-state index is 0.0559. The van der Waals surface area contributed by atoms with E-state index in [2.05, 4.69) is 31.2 Å². The second-order valence-corrected chi connectivity index (χ2v) is 6.62. The lowest BCUT2D eigenvalue weighted by Crippen LogP contribution is -2.33. The molecule has 20 heavy (non-hydrogen) atoms. The van der Waals surface area contributed by atoms with Crippen LogP contribution in [0.5, 0.6) is 0 Å². The van der Waals surface area contributed by atoms with E-state index in [1.807, 2.05) is 6.07 Å². The summed E-state index contributed by atoms with van der Waals surface area (Å²) in [6.45, 7) is 2.78. The van der Waals surface area contributed by atoms with Crippen LogP contribution in [0.3, 0.4) is 0 Å². The SMILES string of the molecule is CCOC(c1ccccc1)C(N)CC1CC2CCC1C2. The molecule has 2 bridgehead atoms. The fraction of sp³-hybridized carbons (Fsp3) is 0.667. The Bertz CT molecular complexity index is 419. The monoisotopic (exact) mass is 273 g/mol. The number of hydrogen-bond acceptors (Lipinski definition) is 2. The molecular formula is C18H27NO. The molecule has 5 atom stereocenters. The van der Waals surface area contributed by atoms with Crippen molar-refractivity contribution in [1.29, 1.82) is 0 Å². The molecule has 2 nitrogen and oxygen atoms in total. The fourth-order valence-electron chi connectivity index (χ4n) is 4.43. The van der Waals surface area contributed by atoms with Crippen LogP contribution >= 0.6 is 0 Å². The largest absolute Gasteiger partial charge is 0.372 e. The Labute approximate surface area is 122 Å². The molecule has 0 aliphatic heterocycles. The third-order valence-corrected chi connectivity index (χ3v) is 5.32. The van der Waals surface area contributed by atoms with E-state index in [1.165, 1.54) is 31.2 Å². The van der Waals surface area contributed by atoms with Gasteiger partial charge in [-0.3, -0.25) is 0 Å². The maximum Gasteiger partial charge on any atom is 0.0975 e. The summed E-state index contributed by atoms with van der Waals surface area (Å²) in [6, 6.07) is 10.6. The highest BCUT2D eigenvalue weighted by atomic mass is 16.5. The Morgan fingerprint density at radius 1 is 1.20 bits per heavy atom. The Morgan fingerprint density at radius 3 is 2.60 bits per heavy atom. The zero-order valence-corrected chi connectivity index (χ0v) is 12.5. The Morgan fingerprint density at radius 2 is 2.00 bits per heavy atom. The van der Waals surface area contributed by atoms with E-state index in [1.54, 1.807) is 0 Å². The summed E-state index contributed by atoms with van der Waals surface area (Å²) in [7, 11) is 0. The summed E-state index contributed by atoms with van der Waals surface area (Å²) < 4.78 is 5.96. The summed E-state index contributed by atoms with van der Waals surface area (Å²) in [5, 5.41) is 0. The van der Waals surface area contributed by atoms with Crippen molar-refractivity contribution in [2.24, 2.45) is 23.5 Å². The van der Waals surface area contributed by atoms with Gasteiger partial charge in [-0.1, -0.05) is 36.8 Å². The first kappa shape index (κ1) is 14.1. The fourth-order valence-corrected chi connectivity index (χ4v) is 4.43. The maximum absolute atomic E-state index is 6.52. The number of hydrogen-bond donors (Lipinski definition) is 1. The molecule has 2 aliphatic rings. The van der Waals surface area contributed by atoms with Crippen molar-refractivity contribution in [2.45, 2.75) is 51.2 Å². The topological polar surface area (TPSA) is 35.2 Å². The lowest BCUT2D eigenvalue weighted by atomic mass is 9.82. The molecule has 0 heterocycles. The van der Waals surface area contributed by atoms with Crippen molar-refractivity contribution >= 4 is 0 Å². The molecule has 2 aliphatic carbocycles. The van der Waals surface area contributed by atoms with Crippen molar-refractivity contribution in [2.75, 3.05) is 6.61 Å². The molecule has 5 unspecified atom stereocenters. The smallest absolute Gasteiger partial charge is 0.0975 e. The second kappa shape index (κ2) is 6.28. The van der Waals surface area contributed by atoms with Gasteiger partial charge >= 0.3 is 0 Å². The zero-order valence-electron chi connectivity index (χ0n) is 12.5. The predicted octanol–water partition coefficient (Wildman–Crippen LogP) is 3.92. The Hall–Kier alpha value is -0.860. The number of benzene rings is 1. The lowest BCUT2D eigenvalue weighted by molar-refractivity contribution is 0.0345. The molecule has 2 saturated carbocycles. The summed E-state index contributed by atoms with van der Waals surface area (Å²) in [5.74, 6) is 2.79. The molecule has 1 aromatic rings. The van der Waals surface area contributed by atoms with Crippen LogP contribution < -0.4 is 5.73 Å². The van der Waals surface area contributed by atoms with Gasteiger partial charge in [-0.25, -0.2) is 0 Å². The average molecular weight is 273 g/mol. The maximum atomic E-state index is 6.52. The van der Waals surface area contributed by atoms with E-state index in [0.29, 0.717) is 0 Å². The van der Waals surface area contributed by atoms with Gasteiger partial charge in [-0.2, -0.15) is 0 Å². The minimum Gasteiger partial charge on any atom is -0.372 e. The van der Waals surface area contributed by atoms with Gasteiger partial charge in [-0.05, 0) is 55.9 Å². The van der Waals surface area contributed by atoms with E-state index in [9.17, 15) is 0 Å². The van der Waals surface area contributed by atoms with Gasteiger partial charge in [0.1, 0.15) is 0 Å². The van der Waals surface area contributed by atoms with Crippen molar-refractivity contribution in [1.82, 2.24) is 0 Å². The van der Waals surface area contributed by atoms with Crippen LogP contribution in [-0.2, 0) is 4.74 Å². The highest BCUT2D eigenvalue weighted by molar-refractivity contribution is 5.19. The van der Waals surface area contributed by atoms with E-state index in [-0.39, 0.29) is 12.1 Å². The Balaban J connectivity index is 1.65. The van der Waals surface area contributed by atoms with Crippen molar-refractivity contribution in [3.8, 4) is 0 Å². The molecule has 0 saturated heterocycles. The highest BCUT2D eigenvalue weighted by Crippen LogP contribution is 2.50. The van der Waals surface area contributed by atoms with E-state index in [4.69, 9.17) is 10.5 Å². The van der Waals surface area contributed by atoms with Crippen LogP contribution in [0.4, 0.5) is 0 Å². The van der Waals surface area contributed by atoms with E-state index < -0.39 is 0 Å². The van der Waals surface area contributed by atoms with Crippen LogP contribution in [0.15, 0.2) is 30.3 Å². The number of ether oxygens (including phenoxy) is 1. The van der Waals surface area contributed by atoms with Crippen LogP contribution in [0.1, 0.15) is 50.7 Å². The quantitative estimate of drug-likeness (QED) is 0.852. The normalized spacial score (nSPS) is 31.4. The van der Waals surface area contributed by atoms with Gasteiger partial charge in [-0.15, -0.1) is 0 Å². The van der Waals surface area contributed by atoms with Crippen LogP contribution in [-0.4, -0.2) is 12.6 Å². The minimum absolute atomic E-state index is 0.0559. The first-order chi connectivity index (χ1) is 9.78. The van der Waals surface area contributed by atoms with Gasteiger partial charge in [0, 0.05) is 12.6 Å². The van der Waals surface area contributed by atoms with Crippen molar-refractivity contribution < 1.29 is 4.74 Å². The molecule has 0 aromatic heterocycles. The third-order valence-electron chi connectivity index (χ3n) is 5.32. The molecule has 0 spiro atoms. The zero-order chi connectivity index (χ0) is 13.9. The third kappa shape index (κ3) is 2.91. The summed E-state index contributed by atoms with van der Waals surface area (Å²) in [4.78, 5) is 0. The summed E-state index contributed by atoms with van der Waals surface area (Å²) in [5.41, 5.74) is 7.75. The molecule has 1 aromatic carbocycles. The first-order valence-corrected chi connectivity index (χ1v) is 8.20. The standard InChI is InChI=1S/C18H27NO/c1-2-20-18(14-6-4-3-5-7-14)17(19)12-16-11-13-8-9-15(16)10-13/h3-7,13,15-18H,2,8-12,19H2,1H3. The van der Waals surface area contributed by atoms with Gasteiger partial charge < -0.3 is 10.5 Å². The van der Waals surface area contributed by atoms with Gasteiger partial charge in [0.05, 0.1) is 6.10 Å². The van der Waals surface area contributed by atoms with Crippen molar-refractivity contribution in [3.63, 3.8) is 0 Å². The predicted molar refractivity (Wildman–Crippen MR) is 82.3 cm³/mol. The van der Waals surface area contributed by atoms with Gasteiger partial charge in [0.15, 0.2) is 0 Å². The van der Waals surface area contributed by atoms with Gasteiger partial charge in [0.25, 0.3) is 0 Å². The molecule has 0 amide bonds. The molecular weight excluding hydrogens is 246 g/mol. The number of nitrogens with two attached hydrogens (primary N) is 1. The molecule has 2 fully saturated rings. The van der Waals surface area contributed by atoms with E-state index >= 15 is 0 Å². The number of rotatable bonds is 6. The van der Waals surface area contributed by atoms with Crippen molar-refractivity contribution in [3.05, 3.63) is 35.9 Å². The summed E-state index contributed by atoms with van der Waals surface area (Å²) >= 11 is 0. The average Bonchev–Trinajstić information content (AvgIpc) is 3.08. The van der Waals surface area contributed by atoms with Gasteiger partial charge in [0.2, 0.25) is 0 Å². The van der Waals surface area contributed by atoms with Crippen LogP contribution in [0.25, 0.3) is 0 Å². The number of fused-ring (bicyclic) bond motifs is 2. The highest BCUT2D eigenvalue weighted by Gasteiger charge is 2.40. The summed E-state index contributed by atoms with van der Waals surface area (Å²) in [6.07, 6.45) is 6.95. The van der Waals surface area contributed by atoms with Crippen LogP contribution in [0, 0.1) is 17.8 Å². The molecule has 2 N–H and O–H groups in total. The lowest BCUT2D eigenvalue weighted by Gasteiger charge is -2.29. The van der Waals surface area contributed by atoms with E-state index in [0.717, 1.165) is 30.8 Å². The molecule has 110 valence electrons. The molecule has 0 radical (unpaired) electrons. The first-order valence-electron chi connectivity index (χ1n) is 8.20. The molecule has 3 rings (SSSR count). The Kier molecular flexibility index (Phi) is 4.42. The molecule has 2 heteroatoms. The second-order valence-electron chi connectivity index (χ2n) is 6.62. The van der Waals surface area contributed by atoms with Crippen LogP contribution in [0.2, 0.25) is 0 Å².